The fourth-order valence-electron chi connectivity index (χ4n) is 1.74. The molecule has 5 heteroatoms. The van der Waals surface area contributed by atoms with Gasteiger partial charge < -0.3 is 14.8 Å². The molecule has 1 aromatic heterocycles. The highest BCUT2D eigenvalue weighted by Crippen LogP contribution is 2.36. The van der Waals surface area contributed by atoms with E-state index in [0.717, 1.165) is 21.9 Å². The lowest BCUT2D eigenvalue weighted by molar-refractivity contribution is 0.0607. The number of ether oxygens (including phenoxy) is 2. The number of hydrogen-bond acceptors (Lipinski definition) is 5. The van der Waals surface area contributed by atoms with E-state index in [1.165, 1.54) is 18.4 Å². The molecule has 0 radical (unpaired) electrons. The summed E-state index contributed by atoms with van der Waals surface area (Å²) >= 11 is 1.40. The molecule has 0 spiro atoms. The van der Waals surface area contributed by atoms with Crippen LogP contribution in [0.5, 0.6) is 5.75 Å². The molecule has 100 valence electrons. The van der Waals surface area contributed by atoms with Gasteiger partial charge in [-0.2, -0.15) is 0 Å². The predicted octanol–water partition coefficient (Wildman–Crippen LogP) is 3.25. The van der Waals surface area contributed by atoms with Gasteiger partial charge in [0.15, 0.2) is 0 Å². The van der Waals surface area contributed by atoms with Gasteiger partial charge in [0, 0.05) is 11.9 Å². The first-order valence-corrected chi connectivity index (χ1v) is 6.55. The van der Waals surface area contributed by atoms with Gasteiger partial charge in [-0.1, -0.05) is 12.1 Å². The Morgan fingerprint density at radius 1 is 1.26 bits per heavy atom. The van der Waals surface area contributed by atoms with Gasteiger partial charge in [-0.3, -0.25) is 0 Å². The van der Waals surface area contributed by atoms with E-state index in [1.807, 2.05) is 30.3 Å². The van der Waals surface area contributed by atoms with Crippen LogP contribution in [-0.2, 0) is 4.74 Å². The molecule has 0 amide bonds. The summed E-state index contributed by atoms with van der Waals surface area (Å²) in [4.78, 5) is 13.2. The number of carbonyl (C=O) groups excluding carboxylic acids is 1. The molecule has 2 rings (SSSR count). The summed E-state index contributed by atoms with van der Waals surface area (Å²) < 4.78 is 9.99. The van der Waals surface area contributed by atoms with Gasteiger partial charge in [-0.05, 0) is 23.8 Å². The molecule has 0 fully saturated rings. The average molecular weight is 277 g/mol. The van der Waals surface area contributed by atoms with Gasteiger partial charge in [-0.25, -0.2) is 4.79 Å². The van der Waals surface area contributed by atoms with Gasteiger partial charge in [0.05, 0.1) is 19.9 Å². The maximum atomic E-state index is 11.7. The Bertz CT molecular complexity index is 592. The van der Waals surface area contributed by atoms with Crippen LogP contribution in [0.15, 0.2) is 30.3 Å². The first kappa shape index (κ1) is 13.4. The minimum absolute atomic E-state index is 0.330. The van der Waals surface area contributed by atoms with Crippen molar-refractivity contribution in [2.75, 3.05) is 26.6 Å². The average Bonchev–Trinajstić information content (AvgIpc) is 2.90. The predicted molar refractivity (Wildman–Crippen MR) is 77.2 cm³/mol. The van der Waals surface area contributed by atoms with Gasteiger partial charge in [0.25, 0.3) is 0 Å². The summed E-state index contributed by atoms with van der Waals surface area (Å²) in [6.45, 7) is 0. The number of rotatable bonds is 4. The molecule has 0 aliphatic rings. The molecular formula is C14H15NO3S. The number of carbonyl (C=O) groups is 1. The van der Waals surface area contributed by atoms with Crippen LogP contribution in [0.2, 0.25) is 0 Å². The SMILES string of the molecule is CNc1cc(-c2cccc(OC)c2)sc1C(=O)OC. The van der Waals surface area contributed by atoms with Crippen molar-refractivity contribution in [1.29, 1.82) is 0 Å². The van der Waals surface area contributed by atoms with Crippen LogP contribution in [0.1, 0.15) is 9.67 Å². The number of thiophene rings is 1. The second kappa shape index (κ2) is 5.75. The Morgan fingerprint density at radius 3 is 2.68 bits per heavy atom. The largest absolute Gasteiger partial charge is 0.497 e. The maximum absolute atomic E-state index is 11.7. The van der Waals surface area contributed by atoms with Gasteiger partial charge in [-0.15, -0.1) is 11.3 Å². The van der Waals surface area contributed by atoms with Gasteiger partial charge in [0.2, 0.25) is 0 Å². The summed E-state index contributed by atoms with van der Waals surface area (Å²) in [5.74, 6) is 0.458. The summed E-state index contributed by atoms with van der Waals surface area (Å²) in [5, 5.41) is 3.01. The van der Waals surface area contributed by atoms with Crippen molar-refractivity contribution in [3.8, 4) is 16.2 Å². The van der Waals surface area contributed by atoms with Crippen LogP contribution >= 0.6 is 11.3 Å². The van der Waals surface area contributed by atoms with E-state index >= 15 is 0 Å². The summed E-state index contributed by atoms with van der Waals surface area (Å²) in [7, 11) is 4.79. The molecule has 0 aliphatic heterocycles. The molecule has 0 unspecified atom stereocenters. The van der Waals surface area contributed by atoms with Crippen molar-refractivity contribution in [2.24, 2.45) is 0 Å². The molecule has 0 atom stereocenters. The fraction of sp³-hybridized carbons (Fsp3) is 0.214. The molecule has 1 aromatic carbocycles. The highest BCUT2D eigenvalue weighted by atomic mass is 32.1. The Balaban J connectivity index is 2.45. The quantitative estimate of drug-likeness (QED) is 0.871. The van der Waals surface area contributed by atoms with E-state index in [-0.39, 0.29) is 5.97 Å². The van der Waals surface area contributed by atoms with Crippen LogP contribution in [-0.4, -0.2) is 27.2 Å². The third kappa shape index (κ3) is 2.71. The standard InChI is InChI=1S/C14H15NO3S/c1-15-11-8-12(19-13(11)14(16)18-3)9-5-4-6-10(7-9)17-2/h4-8,15H,1-3H3. The number of anilines is 1. The number of hydrogen-bond donors (Lipinski definition) is 1. The monoisotopic (exact) mass is 277 g/mol. The molecule has 19 heavy (non-hydrogen) atoms. The lowest BCUT2D eigenvalue weighted by Gasteiger charge is -2.01. The molecule has 4 nitrogen and oxygen atoms in total. The van der Waals surface area contributed by atoms with E-state index in [0.29, 0.717) is 4.88 Å². The number of nitrogens with one attached hydrogen (secondary N) is 1. The molecule has 0 saturated heterocycles. The lowest BCUT2D eigenvalue weighted by atomic mass is 10.2. The lowest BCUT2D eigenvalue weighted by Crippen LogP contribution is -2.01. The molecule has 1 heterocycles. The van der Waals surface area contributed by atoms with E-state index in [1.54, 1.807) is 14.2 Å². The number of benzene rings is 1. The summed E-state index contributed by atoms with van der Waals surface area (Å²) in [6.07, 6.45) is 0. The van der Waals surface area contributed by atoms with Crippen LogP contribution in [0, 0.1) is 0 Å². The van der Waals surface area contributed by atoms with E-state index < -0.39 is 0 Å². The highest BCUT2D eigenvalue weighted by molar-refractivity contribution is 7.18. The summed E-state index contributed by atoms with van der Waals surface area (Å²) in [5.41, 5.74) is 1.78. The van der Waals surface area contributed by atoms with Crippen molar-refractivity contribution in [2.45, 2.75) is 0 Å². The second-order valence-electron chi connectivity index (χ2n) is 3.83. The van der Waals surface area contributed by atoms with E-state index in [4.69, 9.17) is 9.47 Å². The van der Waals surface area contributed by atoms with E-state index in [2.05, 4.69) is 5.32 Å². The van der Waals surface area contributed by atoms with Crippen molar-refractivity contribution in [1.82, 2.24) is 0 Å². The molecule has 0 aliphatic carbocycles. The normalized spacial score (nSPS) is 10.1. The number of methoxy groups -OCH3 is 2. The minimum Gasteiger partial charge on any atom is -0.497 e. The first-order valence-electron chi connectivity index (χ1n) is 5.74. The van der Waals surface area contributed by atoms with Crippen molar-refractivity contribution in [3.05, 3.63) is 35.2 Å². The van der Waals surface area contributed by atoms with Gasteiger partial charge in [0.1, 0.15) is 10.6 Å². The van der Waals surface area contributed by atoms with Crippen LogP contribution in [0.4, 0.5) is 5.69 Å². The van der Waals surface area contributed by atoms with Crippen molar-refractivity contribution in [3.63, 3.8) is 0 Å². The van der Waals surface area contributed by atoms with E-state index in [9.17, 15) is 4.79 Å². The van der Waals surface area contributed by atoms with Gasteiger partial charge >= 0.3 is 5.97 Å². The van der Waals surface area contributed by atoms with Crippen molar-refractivity contribution >= 4 is 23.0 Å². The molecule has 0 bridgehead atoms. The Kier molecular flexibility index (Phi) is 4.06. The molecule has 1 N–H and O–H groups in total. The molecule has 0 saturated carbocycles. The second-order valence-corrected chi connectivity index (χ2v) is 4.88. The zero-order valence-electron chi connectivity index (χ0n) is 11.0. The smallest absolute Gasteiger partial charge is 0.350 e. The van der Waals surface area contributed by atoms with Crippen LogP contribution in [0.25, 0.3) is 10.4 Å². The zero-order chi connectivity index (χ0) is 13.8. The third-order valence-corrected chi connectivity index (χ3v) is 3.89. The first-order chi connectivity index (χ1) is 9.19. The fourth-order valence-corrected chi connectivity index (χ4v) is 2.82. The summed E-state index contributed by atoms with van der Waals surface area (Å²) in [6, 6.07) is 9.66. The highest BCUT2D eigenvalue weighted by Gasteiger charge is 2.16. The Hall–Kier alpha value is -2.01. The maximum Gasteiger partial charge on any atom is 0.350 e. The Labute approximate surface area is 116 Å². The molecule has 2 aromatic rings. The van der Waals surface area contributed by atoms with Crippen LogP contribution in [0.3, 0.4) is 0 Å². The Morgan fingerprint density at radius 2 is 2.05 bits per heavy atom. The minimum atomic E-state index is -0.330. The zero-order valence-corrected chi connectivity index (χ0v) is 11.8. The molecular weight excluding hydrogens is 262 g/mol. The van der Waals surface area contributed by atoms with Crippen LogP contribution < -0.4 is 10.1 Å². The third-order valence-electron chi connectivity index (χ3n) is 2.73. The number of esters is 1. The topological polar surface area (TPSA) is 47.6 Å². The van der Waals surface area contributed by atoms with Crippen molar-refractivity contribution < 1.29 is 14.3 Å².